The third kappa shape index (κ3) is 4.01. The van der Waals surface area contributed by atoms with Crippen LogP contribution in [0, 0.1) is 33.9 Å². The number of ether oxygens (including phenoxy) is 1. The SMILES string of the molecule is N#Cc1ccc(OCC2(CO)CN(S(=O)c3ccc(Cl)cc3C#N)C2)cc1F. The number of halogens is 2. The first-order chi connectivity index (χ1) is 13.4. The fourth-order valence-electron chi connectivity index (χ4n) is 2.85. The van der Waals surface area contributed by atoms with Gasteiger partial charge in [0.1, 0.15) is 34.7 Å². The largest absolute Gasteiger partial charge is 0.493 e. The Hall–Kier alpha value is -2.49. The number of nitriles is 2. The molecule has 1 N–H and O–H groups in total. The van der Waals surface area contributed by atoms with E-state index in [1.807, 2.05) is 6.07 Å². The van der Waals surface area contributed by atoms with Gasteiger partial charge in [0, 0.05) is 24.2 Å². The Morgan fingerprint density at radius 1 is 1.21 bits per heavy atom. The number of aliphatic hydroxyl groups excluding tert-OH is 1. The monoisotopic (exact) mass is 419 g/mol. The molecule has 6 nitrogen and oxygen atoms in total. The Morgan fingerprint density at radius 2 is 1.93 bits per heavy atom. The normalized spacial score (nSPS) is 16.5. The van der Waals surface area contributed by atoms with Gasteiger partial charge in [-0.1, -0.05) is 11.6 Å². The molecule has 1 unspecified atom stereocenters. The van der Waals surface area contributed by atoms with Gasteiger partial charge in [-0.15, -0.1) is 0 Å². The highest BCUT2D eigenvalue weighted by molar-refractivity contribution is 7.82. The van der Waals surface area contributed by atoms with Crippen molar-refractivity contribution in [1.29, 1.82) is 10.5 Å². The summed E-state index contributed by atoms with van der Waals surface area (Å²) in [4.78, 5) is 0.355. The average molecular weight is 420 g/mol. The summed E-state index contributed by atoms with van der Waals surface area (Å²) in [6.07, 6.45) is 0. The molecule has 1 heterocycles. The van der Waals surface area contributed by atoms with E-state index in [0.717, 1.165) is 6.07 Å². The van der Waals surface area contributed by atoms with Gasteiger partial charge >= 0.3 is 0 Å². The van der Waals surface area contributed by atoms with Crippen LogP contribution in [0.5, 0.6) is 5.75 Å². The zero-order valence-electron chi connectivity index (χ0n) is 14.6. The molecule has 0 saturated carbocycles. The zero-order chi connectivity index (χ0) is 20.3. The lowest BCUT2D eigenvalue weighted by Gasteiger charge is -2.47. The van der Waals surface area contributed by atoms with E-state index in [4.69, 9.17) is 21.6 Å². The number of rotatable bonds is 6. The lowest BCUT2D eigenvalue weighted by Crippen LogP contribution is -2.61. The average Bonchev–Trinajstić information content (AvgIpc) is 2.67. The summed E-state index contributed by atoms with van der Waals surface area (Å²) in [5.74, 6) is -0.436. The van der Waals surface area contributed by atoms with Gasteiger partial charge in [0.25, 0.3) is 0 Å². The van der Waals surface area contributed by atoms with Crippen LogP contribution < -0.4 is 4.74 Å². The van der Waals surface area contributed by atoms with Crippen molar-refractivity contribution in [3.8, 4) is 17.9 Å². The number of benzene rings is 2. The highest BCUT2D eigenvalue weighted by Crippen LogP contribution is 2.35. The minimum atomic E-state index is -1.58. The maximum atomic E-state index is 13.7. The molecule has 2 aromatic rings. The minimum Gasteiger partial charge on any atom is -0.493 e. The van der Waals surface area contributed by atoms with Crippen LogP contribution in [0.2, 0.25) is 5.02 Å². The number of nitrogens with zero attached hydrogens (tertiary/aromatic N) is 3. The molecule has 0 aromatic heterocycles. The summed E-state index contributed by atoms with van der Waals surface area (Å²) >= 11 is 5.87. The Bertz CT molecular complexity index is 1010. The summed E-state index contributed by atoms with van der Waals surface area (Å²) in [7, 11) is -1.58. The number of hydrogen-bond acceptors (Lipinski definition) is 5. The quantitative estimate of drug-likeness (QED) is 0.776. The molecule has 1 aliphatic rings. The lowest BCUT2D eigenvalue weighted by molar-refractivity contribution is -0.0250. The van der Waals surface area contributed by atoms with Crippen molar-refractivity contribution in [2.24, 2.45) is 5.41 Å². The molecule has 0 spiro atoms. The molecule has 2 aromatic carbocycles. The Morgan fingerprint density at radius 3 is 2.54 bits per heavy atom. The van der Waals surface area contributed by atoms with Gasteiger partial charge in [-0.2, -0.15) is 10.5 Å². The van der Waals surface area contributed by atoms with E-state index in [-0.39, 0.29) is 43.2 Å². The van der Waals surface area contributed by atoms with E-state index >= 15 is 0 Å². The number of hydrogen-bond donors (Lipinski definition) is 1. The smallest absolute Gasteiger partial charge is 0.144 e. The van der Waals surface area contributed by atoms with Crippen LogP contribution in [0.4, 0.5) is 4.39 Å². The standard InChI is InChI=1S/C19H15ClFN3O3S/c20-15-2-4-18(14(5-15)8-23)28(26)24-9-19(10-24,11-25)12-27-16-3-1-13(7-22)17(21)6-16/h1-6,25H,9-12H2. The second-order valence-corrected chi connectivity index (χ2v) is 8.39. The molecule has 0 amide bonds. The Balaban J connectivity index is 1.65. The summed E-state index contributed by atoms with van der Waals surface area (Å²) < 4.78 is 33.6. The van der Waals surface area contributed by atoms with Crippen LogP contribution in [-0.4, -0.2) is 39.9 Å². The molecule has 1 atom stereocenters. The molecule has 0 bridgehead atoms. The van der Waals surface area contributed by atoms with Crippen molar-refractivity contribution in [2.45, 2.75) is 4.90 Å². The van der Waals surface area contributed by atoms with Crippen molar-refractivity contribution in [1.82, 2.24) is 4.31 Å². The maximum Gasteiger partial charge on any atom is 0.144 e. The van der Waals surface area contributed by atoms with Gasteiger partial charge in [0.15, 0.2) is 0 Å². The van der Waals surface area contributed by atoms with Crippen LogP contribution >= 0.6 is 11.6 Å². The van der Waals surface area contributed by atoms with Crippen LogP contribution in [0.1, 0.15) is 11.1 Å². The molecule has 0 radical (unpaired) electrons. The molecule has 0 aliphatic carbocycles. The van der Waals surface area contributed by atoms with Crippen molar-refractivity contribution >= 4 is 22.6 Å². The highest BCUT2D eigenvalue weighted by atomic mass is 35.5. The van der Waals surface area contributed by atoms with Crippen LogP contribution in [0.3, 0.4) is 0 Å². The first kappa shape index (κ1) is 20.2. The van der Waals surface area contributed by atoms with Gasteiger partial charge < -0.3 is 9.84 Å². The van der Waals surface area contributed by atoms with E-state index in [1.54, 1.807) is 22.5 Å². The molecule has 9 heteroatoms. The molecular weight excluding hydrogens is 405 g/mol. The first-order valence-corrected chi connectivity index (χ1v) is 9.70. The van der Waals surface area contributed by atoms with Gasteiger partial charge in [-0.05, 0) is 30.3 Å². The van der Waals surface area contributed by atoms with E-state index in [0.29, 0.717) is 9.92 Å². The number of aliphatic hydroxyl groups is 1. The predicted octanol–water partition coefficient (Wildman–Crippen LogP) is 2.62. The zero-order valence-corrected chi connectivity index (χ0v) is 16.1. The van der Waals surface area contributed by atoms with Crippen molar-refractivity contribution in [3.05, 3.63) is 58.4 Å². The maximum absolute atomic E-state index is 13.7. The van der Waals surface area contributed by atoms with Gasteiger partial charge in [0.05, 0.1) is 34.7 Å². The minimum absolute atomic E-state index is 0.0781. The molecule has 28 heavy (non-hydrogen) atoms. The lowest BCUT2D eigenvalue weighted by atomic mass is 9.83. The van der Waals surface area contributed by atoms with Gasteiger partial charge in [-0.25, -0.2) is 12.9 Å². The van der Waals surface area contributed by atoms with E-state index in [9.17, 15) is 19.0 Å². The van der Waals surface area contributed by atoms with Gasteiger partial charge in [-0.3, -0.25) is 0 Å². The summed E-state index contributed by atoms with van der Waals surface area (Å²) in [6, 6.07) is 12.2. The van der Waals surface area contributed by atoms with E-state index in [1.165, 1.54) is 18.2 Å². The molecular formula is C19H15ClFN3O3S. The van der Waals surface area contributed by atoms with E-state index in [2.05, 4.69) is 0 Å². The van der Waals surface area contributed by atoms with Crippen molar-refractivity contribution in [2.75, 3.05) is 26.3 Å². The molecule has 1 fully saturated rings. The van der Waals surface area contributed by atoms with Crippen molar-refractivity contribution < 1.29 is 18.4 Å². The second-order valence-electron chi connectivity index (χ2n) is 6.50. The first-order valence-electron chi connectivity index (χ1n) is 8.21. The second kappa shape index (κ2) is 8.26. The Labute approximate surface area is 168 Å². The molecule has 1 aliphatic heterocycles. The predicted molar refractivity (Wildman–Crippen MR) is 100 cm³/mol. The fourth-order valence-corrected chi connectivity index (χ4v) is 4.56. The Kier molecular flexibility index (Phi) is 5.97. The third-order valence-corrected chi connectivity index (χ3v) is 6.14. The fraction of sp³-hybridized carbons (Fsp3) is 0.263. The summed E-state index contributed by atoms with van der Waals surface area (Å²) in [5, 5.41) is 28.1. The highest BCUT2D eigenvalue weighted by Gasteiger charge is 2.46. The van der Waals surface area contributed by atoms with E-state index < -0.39 is 22.2 Å². The molecule has 144 valence electrons. The van der Waals surface area contributed by atoms with Crippen LogP contribution in [0.15, 0.2) is 41.3 Å². The van der Waals surface area contributed by atoms with Crippen molar-refractivity contribution in [3.63, 3.8) is 0 Å². The summed E-state index contributed by atoms with van der Waals surface area (Å²) in [6.45, 7) is 0.449. The van der Waals surface area contributed by atoms with Gasteiger partial charge in [0.2, 0.25) is 0 Å². The topological polar surface area (TPSA) is 97.3 Å². The molecule has 1 saturated heterocycles. The third-order valence-electron chi connectivity index (χ3n) is 4.45. The van der Waals surface area contributed by atoms with Crippen LogP contribution in [-0.2, 0) is 11.0 Å². The summed E-state index contributed by atoms with van der Waals surface area (Å²) in [5.41, 5.74) is -0.499. The molecule has 3 rings (SSSR count). The van der Waals surface area contributed by atoms with Crippen LogP contribution in [0.25, 0.3) is 0 Å².